The Bertz CT molecular complexity index is 627. The van der Waals surface area contributed by atoms with Gasteiger partial charge in [-0.3, -0.25) is 14.4 Å². The fourth-order valence-corrected chi connectivity index (χ4v) is 3.54. The number of ketones is 1. The number of hydrogen-bond donors (Lipinski definition) is 2. The molecule has 1 aromatic carbocycles. The summed E-state index contributed by atoms with van der Waals surface area (Å²) in [4.78, 5) is 34.0. The maximum absolute atomic E-state index is 12.4. The van der Waals surface area contributed by atoms with Crippen LogP contribution in [0.15, 0.2) is 18.2 Å². The van der Waals surface area contributed by atoms with E-state index < -0.39 is 5.97 Å². The SMILES string of the molecule is NCc1ccc(C=O)c(C(=O)CCCCCCCCCCCCCCC(=O)O)c1. The molecule has 0 bridgehead atoms. The Morgan fingerprint density at radius 3 is 1.72 bits per heavy atom. The number of carbonyl (C=O) groups excluding carboxylic acids is 2. The highest BCUT2D eigenvalue weighted by atomic mass is 16.4. The molecule has 1 rings (SSSR count). The fourth-order valence-electron chi connectivity index (χ4n) is 3.54. The van der Waals surface area contributed by atoms with Gasteiger partial charge in [0.2, 0.25) is 0 Å². The van der Waals surface area contributed by atoms with Crippen LogP contribution in [0.25, 0.3) is 0 Å². The topological polar surface area (TPSA) is 97.5 Å². The Morgan fingerprint density at radius 1 is 0.793 bits per heavy atom. The molecule has 29 heavy (non-hydrogen) atoms. The van der Waals surface area contributed by atoms with Crippen molar-refractivity contribution in [3.05, 3.63) is 34.9 Å². The lowest BCUT2D eigenvalue weighted by atomic mass is 9.97. The van der Waals surface area contributed by atoms with Crippen molar-refractivity contribution < 1.29 is 19.5 Å². The van der Waals surface area contributed by atoms with Gasteiger partial charge < -0.3 is 10.8 Å². The van der Waals surface area contributed by atoms with Crippen LogP contribution in [0, 0.1) is 0 Å². The average Bonchev–Trinajstić information content (AvgIpc) is 2.73. The normalized spacial score (nSPS) is 10.8. The van der Waals surface area contributed by atoms with Crippen molar-refractivity contribution in [2.45, 2.75) is 96.4 Å². The summed E-state index contributed by atoms with van der Waals surface area (Å²) in [7, 11) is 0. The summed E-state index contributed by atoms with van der Waals surface area (Å²) in [5.74, 6) is -0.661. The van der Waals surface area contributed by atoms with Crippen molar-refractivity contribution in [2.75, 3.05) is 0 Å². The number of rotatable bonds is 18. The van der Waals surface area contributed by atoms with Crippen LogP contribution in [0.2, 0.25) is 0 Å². The molecule has 3 N–H and O–H groups in total. The first-order valence-corrected chi connectivity index (χ1v) is 11.1. The molecule has 0 fully saturated rings. The molecule has 0 saturated heterocycles. The molecule has 0 radical (unpaired) electrons. The third-order valence-corrected chi connectivity index (χ3v) is 5.33. The Labute approximate surface area is 175 Å². The van der Waals surface area contributed by atoms with Crippen LogP contribution in [0.3, 0.4) is 0 Å². The largest absolute Gasteiger partial charge is 0.481 e. The molecule has 1 aromatic rings. The molecule has 0 unspecified atom stereocenters. The van der Waals surface area contributed by atoms with Gasteiger partial charge in [-0.15, -0.1) is 0 Å². The van der Waals surface area contributed by atoms with E-state index in [0.717, 1.165) is 50.4 Å². The van der Waals surface area contributed by atoms with E-state index in [9.17, 15) is 14.4 Å². The molecule has 0 atom stereocenters. The maximum Gasteiger partial charge on any atom is 0.303 e. The molecule has 0 spiro atoms. The maximum atomic E-state index is 12.4. The Hall–Kier alpha value is -2.01. The van der Waals surface area contributed by atoms with Crippen molar-refractivity contribution in [2.24, 2.45) is 5.73 Å². The summed E-state index contributed by atoms with van der Waals surface area (Å²) < 4.78 is 0. The molecule has 5 nitrogen and oxygen atoms in total. The van der Waals surface area contributed by atoms with Crippen molar-refractivity contribution in [3.8, 4) is 0 Å². The summed E-state index contributed by atoms with van der Waals surface area (Å²) in [6.07, 6.45) is 14.9. The Balaban J connectivity index is 2.01. The van der Waals surface area contributed by atoms with Gasteiger partial charge in [-0.25, -0.2) is 0 Å². The van der Waals surface area contributed by atoms with E-state index in [-0.39, 0.29) is 5.78 Å². The third kappa shape index (κ3) is 11.5. The minimum Gasteiger partial charge on any atom is -0.481 e. The van der Waals surface area contributed by atoms with Crippen LogP contribution in [-0.4, -0.2) is 23.1 Å². The molecule has 0 aliphatic heterocycles. The zero-order chi connectivity index (χ0) is 21.3. The van der Waals surface area contributed by atoms with Crippen LogP contribution < -0.4 is 5.73 Å². The number of aldehydes is 1. The monoisotopic (exact) mass is 403 g/mol. The second-order valence-electron chi connectivity index (χ2n) is 7.80. The van der Waals surface area contributed by atoms with Gasteiger partial charge >= 0.3 is 5.97 Å². The van der Waals surface area contributed by atoms with Crippen LogP contribution in [0.4, 0.5) is 0 Å². The first kappa shape index (κ1) is 25.0. The Kier molecular flexibility index (Phi) is 13.7. The summed E-state index contributed by atoms with van der Waals surface area (Å²) in [5, 5.41) is 8.58. The summed E-state index contributed by atoms with van der Waals surface area (Å²) in [5.41, 5.74) is 7.46. The highest BCUT2D eigenvalue weighted by Gasteiger charge is 2.11. The standard InChI is InChI=1S/C24H37NO4/c25-18-20-15-16-21(19-26)22(17-20)23(27)13-11-9-7-5-3-1-2-4-6-8-10-12-14-24(28)29/h15-17,19H,1-14,18,25H2,(H,28,29). The minimum absolute atomic E-state index is 0.0331. The van der Waals surface area contributed by atoms with Crippen LogP contribution in [-0.2, 0) is 11.3 Å². The number of carbonyl (C=O) groups is 3. The Morgan fingerprint density at radius 2 is 1.28 bits per heavy atom. The van der Waals surface area contributed by atoms with E-state index in [0.29, 0.717) is 30.5 Å². The summed E-state index contributed by atoms with van der Waals surface area (Å²) >= 11 is 0. The van der Waals surface area contributed by atoms with E-state index in [1.54, 1.807) is 18.2 Å². The fraction of sp³-hybridized carbons (Fsp3) is 0.625. The quantitative estimate of drug-likeness (QED) is 0.186. The molecule has 162 valence electrons. The minimum atomic E-state index is -0.694. The lowest BCUT2D eigenvalue weighted by molar-refractivity contribution is -0.137. The first-order chi connectivity index (χ1) is 14.1. The van der Waals surface area contributed by atoms with Gasteiger partial charge in [-0.2, -0.15) is 0 Å². The molecule has 0 aliphatic rings. The van der Waals surface area contributed by atoms with E-state index in [1.807, 2.05) is 0 Å². The predicted octanol–water partition coefficient (Wildman–Crippen LogP) is 5.69. The number of carboxylic acids is 1. The predicted molar refractivity (Wildman–Crippen MR) is 116 cm³/mol. The van der Waals surface area contributed by atoms with Gasteiger partial charge in [-0.05, 0) is 24.5 Å². The molecule has 0 saturated carbocycles. The van der Waals surface area contributed by atoms with Crippen molar-refractivity contribution in [1.82, 2.24) is 0 Å². The number of carboxylic acid groups (broad SMARTS) is 1. The van der Waals surface area contributed by atoms with Crippen molar-refractivity contribution in [3.63, 3.8) is 0 Å². The van der Waals surface area contributed by atoms with Gasteiger partial charge in [0.05, 0.1) is 0 Å². The number of hydrogen-bond acceptors (Lipinski definition) is 4. The molecule has 0 heterocycles. The highest BCUT2D eigenvalue weighted by molar-refractivity contribution is 6.02. The van der Waals surface area contributed by atoms with Gasteiger partial charge in [0.1, 0.15) is 0 Å². The molecule has 0 aromatic heterocycles. The number of nitrogens with two attached hydrogens (primary N) is 1. The lowest BCUT2D eigenvalue weighted by Gasteiger charge is -2.07. The van der Waals surface area contributed by atoms with Crippen molar-refractivity contribution in [1.29, 1.82) is 0 Å². The molecule has 0 aliphatic carbocycles. The van der Waals surface area contributed by atoms with Crippen LogP contribution >= 0.6 is 0 Å². The van der Waals surface area contributed by atoms with Crippen LogP contribution in [0.1, 0.15) is 116 Å². The number of Topliss-reactive ketones (excluding diaryl/α,β-unsaturated/α-hetero) is 1. The average molecular weight is 404 g/mol. The number of aliphatic carboxylic acids is 1. The van der Waals surface area contributed by atoms with Crippen molar-refractivity contribution >= 4 is 18.0 Å². The van der Waals surface area contributed by atoms with Gasteiger partial charge in [0, 0.05) is 30.5 Å². The second kappa shape index (κ2) is 15.9. The summed E-state index contributed by atoms with van der Waals surface area (Å²) in [6.45, 7) is 0.365. The van der Waals surface area contributed by atoms with E-state index in [1.165, 1.54) is 38.5 Å². The summed E-state index contributed by atoms with van der Waals surface area (Å²) in [6, 6.07) is 5.22. The molecule has 0 amide bonds. The number of benzene rings is 1. The lowest BCUT2D eigenvalue weighted by Crippen LogP contribution is -2.06. The van der Waals surface area contributed by atoms with E-state index >= 15 is 0 Å². The highest BCUT2D eigenvalue weighted by Crippen LogP contribution is 2.16. The van der Waals surface area contributed by atoms with Crippen LogP contribution in [0.5, 0.6) is 0 Å². The third-order valence-electron chi connectivity index (χ3n) is 5.33. The van der Waals surface area contributed by atoms with E-state index in [2.05, 4.69) is 0 Å². The molecular formula is C24H37NO4. The molecule has 5 heteroatoms. The van der Waals surface area contributed by atoms with Gasteiger partial charge in [0.15, 0.2) is 12.1 Å². The number of unbranched alkanes of at least 4 members (excludes halogenated alkanes) is 11. The van der Waals surface area contributed by atoms with Gasteiger partial charge in [-0.1, -0.05) is 76.3 Å². The zero-order valence-corrected chi connectivity index (χ0v) is 17.7. The smallest absolute Gasteiger partial charge is 0.303 e. The molecular weight excluding hydrogens is 366 g/mol. The van der Waals surface area contributed by atoms with Gasteiger partial charge in [0.25, 0.3) is 0 Å². The first-order valence-electron chi connectivity index (χ1n) is 11.1. The van der Waals surface area contributed by atoms with E-state index in [4.69, 9.17) is 10.8 Å². The zero-order valence-electron chi connectivity index (χ0n) is 17.7. The second-order valence-corrected chi connectivity index (χ2v) is 7.80.